The molecule has 0 saturated heterocycles. The average Bonchev–Trinajstić information content (AvgIpc) is 3.09. The van der Waals surface area contributed by atoms with Gasteiger partial charge in [0.1, 0.15) is 0 Å². The monoisotopic (exact) mass is 428 g/mol. The molecule has 3 aromatic rings. The molecule has 0 radical (unpaired) electrons. The first kappa shape index (κ1) is 20.4. The minimum Gasteiger partial charge on any atom is -0.298 e. The summed E-state index contributed by atoms with van der Waals surface area (Å²) in [5.41, 5.74) is 4.81. The molecule has 2 heterocycles. The van der Waals surface area contributed by atoms with Gasteiger partial charge in [-0.3, -0.25) is 18.5 Å². The highest BCUT2D eigenvalue weighted by molar-refractivity contribution is 6.31. The maximum absolute atomic E-state index is 13.0. The third-order valence-corrected chi connectivity index (χ3v) is 6.06. The summed E-state index contributed by atoms with van der Waals surface area (Å²) >= 11 is 6.37. The van der Waals surface area contributed by atoms with Crippen LogP contribution < -0.4 is 16.7 Å². The van der Waals surface area contributed by atoms with E-state index in [9.17, 15) is 9.59 Å². The molecule has 0 aliphatic heterocycles. The second kappa shape index (κ2) is 8.10. The fraction of sp³-hybridized carbons (Fsp3) is 0.429. The summed E-state index contributed by atoms with van der Waals surface area (Å²) < 4.78 is 4.21. The van der Waals surface area contributed by atoms with Crippen LogP contribution in [0.25, 0.3) is 11.2 Å². The molecule has 9 heteroatoms. The topological polar surface area (TPSA) is 86.2 Å². The number of hydrazone groups is 1. The van der Waals surface area contributed by atoms with Crippen LogP contribution in [0.1, 0.15) is 38.2 Å². The summed E-state index contributed by atoms with van der Waals surface area (Å²) in [5, 5.41) is 5.18. The Labute approximate surface area is 178 Å². The molecule has 0 amide bonds. The zero-order valence-electron chi connectivity index (χ0n) is 17.4. The number of nitrogens with zero attached hydrogens (tertiary/aromatic N) is 5. The summed E-state index contributed by atoms with van der Waals surface area (Å²) in [6.07, 6.45) is 4.22. The molecule has 158 valence electrons. The summed E-state index contributed by atoms with van der Waals surface area (Å²) in [5.74, 6) is 1.02. The van der Waals surface area contributed by atoms with E-state index in [1.54, 1.807) is 17.7 Å². The van der Waals surface area contributed by atoms with E-state index in [0.29, 0.717) is 34.6 Å². The largest absolute Gasteiger partial charge is 0.332 e. The highest BCUT2D eigenvalue weighted by Crippen LogP contribution is 2.24. The van der Waals surface area contributed by atoms with Crippen molar-refractivity contribution in [3.8, 4) is 0 Å². The number of anilines is 1. The average molecular weight is 429 g/mol. The molecule has 1 aliphatic carbocycles. The molecule has 1 atom stereocenters. The van der Waals surface area contributed by atoms with Crippen LogP contribution in [0, 0.1) is 5.92 Å². The zero-order chi connectivity index (χ0) is 21.4. The summed E-state index contributed by atoms with van der Waals surface area (Å²) in [4.78, 5) is 29.9. The molecular formula is C21H25ClN6O2. The Morgan fingerprint density at radius 2 is 2.00 bits per heavy atom. The number of nitrogens with one attached hydrogen (secondary N) is 1. The minimum atomic E-state index is -0.422. The predicted octanol–water partition coefficient (Wildman–Crippen LogP) is 3.11. The lowest BCUT2D eigenvalue weighted by Crippen LogP contribution is -2.37. The van der Waals surface area contributed by atoms with Crippen LogP contribution >= 0.6 is 11.6 Å². The lowest BCUT2D eigenvalue weighted by molar-refractivity contribution is 0.500. The molecule has 1 fully saturated rings. The number of benzene rings is 1. The maximum Gasteiger partial charge on any atom is 0.332 e. The van der Waals surface area contributed by atoms with Gasteiger partial charge in [0.25, 0.3) is 5.56 Å². The van der Waals surface area contributed by atoms with Crippen molar-refractivity contribution < 1.29 is 0 Å². The van der Waals surface area contributed by atoms with Gasteiger partial charge in [-0.2, -0.15) is 10.1 Å². The van der Waals surface area contributed by atoms with E-state index >= 15 is 0 Å². The van der Waals surface area contributed by atoms with E-state index in [1.807, 2.05) is 18.2 Å². The van der Waals surface area contributed by atoms with Gasteiger partial charge in [-0.25, -0.2) is 10.2 Å². The van der Waals surface area contributed by atoms with Gasteiger partial charge in [-0.1, -0.05) is 36.7 Å². The van der Waals surface area contributed by atoms with Gasteiger partial charge in [0.05, 0.1) is 6.54 Å². The lowest BCUT2D eigenvalue weighted by atomic mass is 9.89. The smallest absolute Gasteiger partial charge is 0.298 e. The second-order valence-electron chi connectivity index (χ2n) is 7.98. The molecule has 1 N–H and O–H groups in total. The van der Waals surface area contributed by atoms with E-state index in [2.05, 4.69) is 22.4 Å². The van der Waals surface area contributed by atoms with Crippen LogP contribution in [0.2, 0.25) is 5.02 Å². The van der Waals surface area contributed by atoms with E-state index in [1.165, 1.54) is 18.0 Å². The van der Waals surface area contributed by atoms with Crippen LogP contribution in [0.15, 0.2) is 39.0 Å². The molecule has 0 bridgehead atoms. The first-order chi connectivity index (χ1) is 14.4. The van der Waals surface area contributed by atoms with Crippen molar-refractivity contribution in [2.24, 2.45) is 25.1 Å². The van der Waals surface area contributed by atoms with Gasteiger partial charge in [0, 0.05) is 24.8 Å². The van der Waals surface area contributed by atoms with E-state index in [0.717, 1.165) is 35.1 Å². The highest BCUT2D eigenvalue weighted by atomic mass is 35.5. The number of aromatic nitrogens is 4. The Morgan fingerprint density at radius 3 is 2.73 bits per heavy atom. The number of halogens is 1. The molecule has 30 heavy (non-hydrogen) atoms. The maximum atomic E-state index is 13.0. The van der Waals surface area contributed by atoms with Crippen molar-refractivity contribution in [3.05, 3.63) is 55.7 Å². The van der Waals surface area contributed by atoms with Gasteiger partial charge in [-0.15, -0.1) is 0 Å². The predicted molar refractivity (Wildman–Crippen MR) is 119 cm³/mol. The molecule has 0 spiro atoms. The molecule has 4 rings (SSSR count). The Balaban J connectivity index is 1.86. The first-order valence-electron chi connectivity index (χ1n) is 10.1. The summed E-state index contributed by atoms with van der Waals surface area (Å²) in [7, 11) is 3.07. The second-order valence-corrected chi connectivity index (χ2v) is 8.39. The normalized spacial score (nSPS) is 18.3. The number of hydrogen-bond donors (Lipinski definition) is 1. The molecule has 2 aromatic heterocycles. The van der Waals surface area contributed by atoms with E-state index in [4.69, 9.17) is 11.6 Å². The standard InChI is InChI=1S/C21H25ClN6O2/c1-13-7-6-9-15(11-13)24-25-20-23-18-17(19(29)27(3)21(30)26(18)2)28(20)12-14-8-4-5-10-16(14)22/h4-5,8,10,13H,6-7,9,11-12H2,1-3H3,(H,23,25)/b24-15+/t13-/m0/s1. The van der Waals surface area contributed by atoms with Crippen LogP contribution in [0.5, 0.6) is 0 Å². The van der Waals surface area contributed by atoms with Crippen molar-refractivity contribution in [1.82, 2.24) is 18.7 Å². The van der Waals surface area contributed by atoms with Gasteiger partial charge in [0.2, 0.25) is 5.95 Å². The quantitative estimate of drug-likeness (QED) is 0.647. The van der Waals surface area contributed by atoms with Crippen molar-refractivity contribution in [1.29, 1.82) is 0 Å². The van der Waals surface area contributed by atoms with Crippen LogP contribution in [0.3, 0.4) is 0 Å². The Morgan fingerprint density at radius 1 is 1.23 bits per heavy atom. The van der Waals surface area contributed by atoms with Crippen LogP contribution in [-0.4, -0.2) is 24.4 Å². The summed E-state index contributed by atoms with van der Waals surface area (Å²) in [6, 6.07) is 7.46. The molecule has 1 aliphatic rings. The van der Waals surface area contributed by atoms with E-state index < -0.39 is 11.2 Å². The van der Waals surface area contributed by atoms with Gasteiger partial charge >= 0.3 is 5.69 Å². The third-order valence-electron chi connectivity index (χ3n) is 5.69. The van der Waals surface area contributed by atoms with Crippen LogP contribution in [0.4, 0.5) is 5.95 Å². The number of fused-ring (bicyclic) bond motifs is 1. The van der Waals surface area contributed by atoms with E-state index in [-0.39, 0.29) is 0 Å². The van der Waals surface area contributed by atoms with Gasteiger partial charge in [-0.05, 0) is 43.2 Å². The minimum absolute atomic E-state index is 0.315. The van der Waals surface area contributed by atoms with Crippen molar-refractivity contribution in [3.63, 3.8) is 0 Å². The zero-order valence-corrected chi connectivity index (χ0v) is 18.1. The highest BCUT2D eigenvalue weighted by Gasteiger charge is 2.20. The van der Waals surface area contributed by atoms with Crippen molar-refractivity contribution in [2.45, 2.75) is 39.2 Å². The number of hydrogen-bond acceptors (Lipinski definition) is 5. The molecule has 1 aromatic carbocycles. The Kier molecular flexibility index (Phi) is 5.51. The van der Waals surface area contributed by atoms with Gasteiger partial charge < -0.3 is 0 Å². The Hall–Kier alpha value is -2.87. The van der Waals surface area contributed by atoms with Crippen LogP contribution in [-0.2, 0) is 20.6 Å². The number of imidazole rings is 1. The summed E-state index contributed by atoms with van der Waals surface area (Å²) in [6.45, 7) is 2.55. The van der Waals surface area contributed by atoms with Crippen molar-refractivity contribution in [2.75, 3.05) is 5.43 Å². The molecule has 8 nitrogen and oxygen atoms in total. The first-order valence-corrected chi connectivity index (χ1v) is 10.5. The molecule has 1 saturated carbocycles. The number of rotatable bonds is 4. The molecule has 0 unspecified atom stereocenters. The fourth-order valence-corrected chi connectivity index (χ4v) is 4.17. The van der Waals surface area contributed by atoms with Gasteiger partial charge in [0.15, 0.2) is 11.2 Å². The number of aryl methyl sites for hydroxylation is 1. The third kappa shape index (κ3) is 3.67. The Bertz CT molecular complexity index is 1250. The SMILES string of the molecule is C[C@H]1CCC/C(=N\Nc2nc3c(c(=O)n(C)c(=O)n3C)n2Cc2ccccc2Cl)C1. The lowest BCUT2D eigenvalue weighted by Gasteiger charge is -2.19. The van der Waals surface area contributed by atoms with Crippen molar-refractivity contribution >= 4 is 34.4 Å². The molecular weight excluding hydrogens is 404 g/mol. The fourth-order valence-electron chi connectivity index (χ4n) is 3.97.